The van der Waals surface area contributed by atoms with Gasteiger partial charge in [-0.3, -0.25) is 4.79 Å². The van der Waals surface area contributed by atoms with Gasteiger partial charge in [0.25, 0.3) is 0 Å². The van der Waals surface area contributed by atoms with Gasteiger partial charge in [-0.2, -0.15) is 0 Å². The summed E-state index contributed by atoms with van der Waals surface area (Å²) in [4.78, 5) is 25.4. The van der Waals surface area contributed by atoms with Crippen LogP contribution in [0.3, 0.4) is 0 Å². The maximum absolute atomic E-state index is 13.5. The molecule has 0 aromatic heterocycles. The van der Waals surface area contributed by atoms with Gasteiger partial charge >= 0.3 is 12.0 Å². The predicted octanol–water partition coefficient (Wildman–Crippen LogP) is 2.63. The number of anilines is 1. The Bertz CT molecular complexity index is 521. The topological polar surface area (TPSA) is 58.6 Å². The Morgan fingerprint density at radius 3 is 2.90 bits per heavy atom. The van der Waals surface area contributed by atoms with Crippen molar-refractivity contribution in [1.82, 2.24) is 4.90 Å². The Labute approximate surface area is 123 Å². The van der Waals surface area contributed by atoms with Crippen LogP contribution in [0.2, 0.25) is 0 Å². The van der Waals surface area contributed by atoms with Crippen LogP contribution in [0.15, 0.2) is 24.3 Å². The molecule has 2 rings (SSSR count). The van der Waals surface area contributed by atoms with Crippen LogP contribution in [0.5, 0.6) is 0 Å². The first-order valence-electron chi connectivity index (χ1n) is 7.09. The summed E-state index contributed by atoms with van der Waals surface area (Å²) >= 11 is 0. The van der Waals surface area contributed by atoms with E-state index >= 15 is 0 Å². The van der Waals surface area contributed by atoms with Crippen molar-refractivity contribution >= 4 is 17.7 Å². The SMILES string of the molecule is CCOC(=O)C1CCCN(C(=O)Nc2ccccc2F)C1. The molecule has 1 saturated heterocycles. The van der Waals surface area contributed by atoms with E-state index in [0.717, 1.165) is 6.42 Å². The number of halogens is 1. The summed E-state index contributed by atoms with van der Waals surface area (Å²) in [5.41, 5.74) is 0.140. The molecule has 0 spiro atoms. The average molecular weight is 294 g/mol. The third-order valence-electron chi connectivity index (χ3n) is 3.44. The molecule has 1 N–H and O–H groups in total. The van der Waals surface area contributed by atoms with E-state index in [1.807, 2.05) is 0 Å². The number of hydrogen-bond acceptors (Lipinski definition) is 3. The molecule has 1 aromatic rings. The van der Waals surface area contributed by atoms with E-state index in [1.54, 1.807) is 19.1 Å². The first-order chi connectivity index (χ1) is 10.1. The smallest absolute Gasteiger partial charge is 0.321 e. The molecule has 2 amide bonds. The number of likely N-dealkylation sites (tertiary alicyclic amines) is 1. The van der Waals surface area contributed by atoms with E-state index in [-0.39, 0.29) is 17.6 Å². The van der Waals surface area contributed by atoms with Gasteiger partial charge in [0.05, 0.1) is 18.2 Å². The number of carbonyl (C=O) groups is 2. The zero-order valence-corrected chi connectivity index (χ0v) is 12.0. The Morgan fingerprint density at radius 2 is 2.19 bits per heavy atom. The Kier molecular flexibility index (Phi) is 5.14. The van der Waals surface area contributed by atoms with Gasteiger partial charge in [-0.15, -0.1) is 0 Å². The lowest BCUT2D eigenvalue weighted by Crippen LogP contribution is -2.44. The highest BCUT2D eigenvalue weighted by Crippen LogP contribution is 2.20. The van der Waals surface area contributed by atoms with Crippen LogP contribution in [0.1, 0.15) is 19.8 Å². The fraction of sp³-hybridized carbons (Fsp3) is 0.467. The van der Waals surface area contributed by atoms with Crippen LogP contribution in [0, 0.1) is 11.7 Å². The van der Waals surface area contributed by atoms with Crippen LogP contribution in [-0.4, -0.2) is 36.6 Å². The molecule has 1 aliphatic heterocycles. The fourth-order valence-corrected chi connectivity index (χ4v) is 2.37. The van der Waals surface area contributed by atoms with E-state index in [2.05, 4.69) is 5.32 Å². The number of piperidine rings is 1. The van der Waals surface area contributed by atoms with E-state index in [1.165, 1.54) is 17.0 Å². The zero-order chi connectivity index (χ0) is 15.2. The lowest BCUT2D eigenvalue weighted by molar-refractivity contribution is -0.149. The molecular formula is C15H19FN2O3. The molecule has 1 unspecified atom stereocenters. The largest absolute Gasteiger partial charge is 0.466 e. The quantitative estimate of drug-likeness (QED) is 0.872. The third-order valence-corrected chi connectivity index (χ3v) is 3.44. The summed E-state index contributed by atoms with van der Waals surface area (Å²) in [7, 11) is 0. The number of benzene rings is 1. The molecular weight excluding hydrogens is 275 g/mol. The lowest BCUT2D eigenvalue weighted by atomic mass is 9.98. The average Bonchev–Trinajstić information content (AvgIpc) is 2.50. The summed E-state index contributed by atoms with van der Waals surface area (Å²) in [5, 5.41) is 2.53. The first-order valence-corrected chi connectivity index (χ1v) is 7.09. The number of ether oxygens (including phenoxy) is 1. The highest BCUT2D eigenvalue weighted by molar-refractivity contribution is 5.90. The summed E-state index contributed by atoms with van der Waals surface area (Å²) < 4.78 is 18.5. The van der Waals surface area contributed by atoms with Gasteiger partial charge in [0.15, 0.2) is 0 Å². The van der Waals surface area contributed by atoms with Gasteiger partial charge in [-0.25, -0.2) is 9.18 Å². The first kappa shape index (κ1) is 15.3. The summed E-state index contributed by atoms with van der Waals surface area (Å²) in [6.45, 7) is 2.94. The van der Waals surface area contributed by atoms with Crippen molar-refractivity contribution in [2.24, 2.45) is 5.92 Å². The van der Waals surface area contributed by atoms with E-state index in [9.17, 15) is 14.0 Å². The standard InChI is InChI=1S/C15H19FN2O3/c1-2-21-14(19)11-6-5-9-18(10-11)15(20)17-13-8-4-3-7-12(13)16/h3-4,7-8,11H,2,5-6,9-10H2,1H3,(H,17,20). The summed E-state index contributed by atoms with van der Waals surface area (Å²) in [6, 6.07) is 5.60. The summed E-state index contributed by atoms with van der Waals surface area (Å²) in [5.74, 6) is -1.06. The number of nitrogens with zero attached hydrogens (tertiary/aromatic N) is 1. The maximum atomic E-state index is 13.5. The number of amides is 2. The van der Waals surface area contributed by atoms with Crippen LogP contribution >= 0.6 is 0 Å². The van der Waals surface area contributed by atoms with Crippen molar-refractivity contribution in [3.8, 4) is 0 Å². The number of hydrogen-bond donors (Lipinski definition) is 1. The van der Waals surface area contributed by atoms with Crippen molar-refractivity contribution in [2.45, 2.75) is 19.8 Å². The Morgan fingerprint density at radius 1 is 1.43 bits per heavy atom. The molecule has 1 heterocycles. The molecule has 1 aromatic carbocycles. The number of nitrogens with one attached hydrogen (secondary N) is 1. The number of rotatable bonds is 3. The van der Waals surface area contributed by atoms with Crippen molar-refractivity contribution < 1.29 is 18.7 Å². The minimum Gasteiger partial charge on any atom is -0.466 e. The number of carbonyl (C=O) groups excluding carboxylic acids is 2. The second-order valence-corrected chi connectivity index (χ2v) is 4.95. The zero-order valence-electron chi connectivity index (χ0n) is 12.0. The maximum Gasteiger partial charge on any atom is 0.321 e. The van der Waals surface area contributed by atoms with Crippen molar-refractivity contribution in [3.05, 3.63) is 30.1 Å². The van der Waals surface area contributed by atoms with Gasteiger partial charge in [0.1, 0.15) is 5.82 Å². The van der Waals surface area contributed by atoms with Crippen LogP contribution in [-0.2, 0) is 9.53 Å². The minimum absolute atomic E-state index is 0.140. The van der Waals surface area contributed by atoms with Crippen LogP contribution in [0.25, 0.3) is 0 Å². The Balaban J connectivity index is 1.96. The molecule has 0 aliphatic carbocycles. The van der Waals surface area contributed by atoms with Crippen molar-refractivity contribution in [1.29, 1.82) is 0 Å². The minimum atomic E-state index is -0.482. The molecule has 0 bridgehead atoms. The third kappa shape index (κ3) is 3.93. The van der Waals surface area contributed by atoms with Gasteiger partial charge in [-0.1, -0.05) is 12.1 Å². The van der Waals surface area contributed by atoms with Gasteiger partial charge in [0, 0.05) is 13.1 Å². The molecule has 0 saturated carbocycles. The van der Waals surface area contributed by atoms with Gasteiger partial charge in [-0.05, 0) is 31.9 Å². The molecule has 5 nitrogen and oxygen atoms in total. The predicted molar refractivity (Wildman–Crippen MR) is 76.3 cm³/mol. The van der Waals surface area contributed by atoms with Crippen molar-refractivity contribution in [3.63, 3.8) is 0 Å². The number of esters is 1. The van der Waals surface area contributed by atoms with Crippen LogP contribution in [0.4, 0.5) is 14.9 Å². The number of para-hydroxylation sites is 1. The summed E-state index contributed by atoms with van der Waals surface area (Å²) in [6.07, 6.45) is 1.44. The fourth-order valence-electron chi connectivity index (χ4n) is 2.37. The van der Waals surface area contributed by atoms with Gasteiger partial charge < -0.3 is 15.0 Å². The van der Waals surface area contributed by atoms with E-state index in [0.29, 0.717) is 26.1 Å². The highest BCUT2D eigenvalue weighted by atomic mass is 19.1. The molecule has 6 heteroatoms. The van der Waals surface area contributed by atoms with E-state index in [4.69, 9.17) is 4.74 Å². The van der Waals surface area contributed by atoms with E-state index < -0.39 is 11.8 Å². The lowest BCUT2D eigenvalue weighted by Gasteiger charge is -2.31. The van der Waals surface area contributed by atoms with Crippen molar-refractivity contribution in [2.75, 3.05) is 25.0 Å². The monoisotopic (exact) mass is 294 g/mol. The molecule has 1 atom stereocenters. The normalized spacial score (nSPS) is 18.2. The molecule has 1 fully saturated rings. The molecule has 0 radical (unpaired) electrons. The van der Waals surface area contributed by atoms with Crippen LogP contribution < -0.4 is 5.32 Å². The molecule has 114 valence electrons. The number of urea groups is 1. The Hall–Kier alpha value is -2.11. The molecule has 21 heavy (non-hydrogen) atoms. The molecule has 1 aliphatic rings. The highest BCUT2D eigenvalue weighted by Gasteiger charge is 2.29. The second kappa shape index (κ2) is 7.06. The van der Waals surface area contributed by atoms with Gasteiger partial charge in [0.2, 0.25) is 0 Å². The second-order valence-electron chi connectivity index (χ2n) is 4.95.